The molecule has 26 heavy (non-hydrogen) atoms. The maximum atomic E-state index is 14.2. The summed E-state index contributed by atoms with van der Waals surface area (Å²) in [4.78, 5) is 12.0. The van der Waals surface area contributed by atoms with Crippen LogP contribution in [0.4, 0.5) is 23.8 Å². The fourth-order valence-electron chi connectivity index (χ4n) is 2.08. The van der Waals surface area contributed by atoms with E-state index in [1.54, 1.807) is 18.2 Å². The largest absolute Gasteiger partial charge is 0.418 e. The quantitative estimate of drug-likeness (QED) is 0.484. The van der Waals surface area contributed by atoms with Crippen molar-refractivity contribution in [2.45, 2.75) is 0 Å². The Morgan fingerprint density at radius 2 is 1.69 bits per heavy atom. The lowest BCUT2D eigenvalue weighted by Gasteiger charge is -2.13. The van der Waals surface area contributed by atoms with Crippen LogP contribution in [0, 0.1) is 17.5 Å². The fraction of sp³-hybridized carbons (Fsp3) is 0. The second-order valence-corrected chi connectivity index (χ2v) is 5.63. The summed E-state index contributed by atoms with van der Waals surface area (Å²) in [6, 6.07) is 9.37. The van der Waals surface area contributed by atoms with Crippen molar-refractivity contribution >= 4 is 35.1 Å². The van der Waals surface area contributed by atoms with Crippen molar-refractivity contribution < 1.29 is 22.7 Å². The molecule has 0 aliphatic heterocycles. The molecule has 134 valence electrons. The van der Waals surface area contributed by atoms with Crippen molar-refractivity contribution in [2.24, 2.45) is 0 Å². The van der Waals surface area contributed by atoms with Gasteiger partial charge in [0.05, 0.1) is 6.20 Å². The Morgan fingerprint density at radius 1 is 1.00 bits per heavy atom. The Hall–Kier alpha value is -2.71. The second kappa shape index (κ2) is 7.27. The number of hydrogen-bond donors (Lipinski definition) is 1. The van der Waals surface area contributed by atoms with Crippen molar-refractivity contribution in [2.75, 3.05) is 5.32 Å². The second-order valence-electron chi connectivity index (χ2n) is 4.87. The Balaban J connectivity index is 1.94. The summed E-state index contributed by atoms with van der Waals surface area (Å²) < 4.78 is 47.6. The van der Waals surface area contributed by atoms with E-state index in [-0.39, 0.29) is 11.6 Å². The van der Waals surface area contributed by atoms with E-state index in [1.807, 2.05) is 0 Å². The van der Waals surface area contributed by atoms with Crippen LogP contribution in [-0.4, -0.2) is 15.9 Å². The van der Waals surface area contributed by atoms with E-state index in [0.717, 1.165) is 6.20 Å². The van der Waals surface area contributed by atoms with E-state index in [1.165, 1.54) is 18.2 Å². The molecule has 1 N–H and O–H groups in total. The fourth-order valence-corrected chi connectivity index (χ4v) is 2.56. The predicted molar refractivity (Wildman–Crippen MR) is 89.5 cm³/mol. The Labute approximate surface area is 154 Å². The average molecular weight is 402 g/mol. The molecule has 0 atom stereocenters. The van der Waals surface area contributed by atoms with E-state index < -0.39 is 39.3 Å². The molecule has 5 nitrogen and oxygen atoms in total. The lowest BCUT2D eigenvalue weighted by atomic mass is 10.2. The van der Waals surface area contributed by atoms with Gasteiger partial charge in [0.2, 0.25) is 0 Å². The molecule has 0 fully saturated rings. The minimum absolute atomic E-state index is 0.132. The summed E-state index contributed by atoms with van der Waals surface area (Å²) in [6.45, 7) is 0. The maximum Gasteiger partial charge on any atom is 0.418 e. The number of ether oxygens (including phenoxy) is 1. The first-order valence-corrected chi connectivity index (χ1v) is 7.75. The SMILES string of the molecule is O=C(Nc1ccnn1-c1c(F)c(F)c(Cl)c(F)c1Cl)Oc1ccccc1. The van der Waals surface area contributed by atoms with Gasteiger partial charge in [-0.1, -0.05) is 41.4 Å². The molecule has 3 rings (SSSR count). The van der Waals surface area contributed by atoms with E-state index in [2.05, 4.69) is 10.4 Å². The number of anilines is 1. The van der Waals surface area contributed by atoms with Crippen molar-refractivity contribution in [3.05, 3.63) is 70.1 Å². The van der Waals surface area contributed by atoms with Gasteiger partial charge < -0.3 is 4.74 Å². The third-order valence-corrected chi connectivity index (χ3v) is 3.90. The molecular formula is C16H8Cl2F3N3O2. The number of hydrogen-bond acceptors (Lipinski definition) is 3. The minimum Gasteiger partial charge on any atom is -0.410 e. The van der Waals surface area contributed by atoms with E-state index >= 15 is 0 Å². The molecule has 1 amide bonds. The molecule has 1 heterocycles. The smallest absolute Gasteiger partial charge is 0.410 e. The number of nitrogens with zero attached hydrogens (tertiary/aromatic N) is 2. The molecule has 0 bridgehead atoms. The number of carbonyl (C=O) groups is 1. The number of nitrogens with one attached hydrogen (secondary N) is 1. The molecule has 10 heteroatoms. The van der Waals surface area contributed by atoms with Gasteiger partial charge in [-0.05, 0) is 12.1 Å². The van der Waals surface area contributed by atoms with Crippen LogP contribution in [0.1, 0.15) is 0 Å². The summed E-state index contributed by atoms with van der Waals surface area (Å²) >= 11 is 11.1. The summed E-state index contributed by atoms with van der Waals surface area (Å²) in [7, 11) is 0. The van der Waals surface area contributed by atoms with Gasteiger partial charge in [0.1, 0.15) is 27.3 Å². The number of para-hydroxylation sites is 1. The average Bonchev–Trinajstić information content (AvgIpc) is 3.07. The van der Waals surface area contributed by atoms with Gasteiger partial charge >= 0.3 is 6.09 Å². The molecule has 0 saturated heterocycles. The van der Waals surface area contributed by atoms with Gasteiger partial charge in [-0.2, -0.15) is 5.10 Å². The minimum atomic E-state index is -1.63. The monoisotopic (exact) mass is 401 g/mol. The Bertz CT molecular complexity index is 951. The van der Waals surface area contributed by atoms with Crippen molar-refractivity contribution in [1.29, 1.82) is 0 Å². The van der Waals surface area contributed by atoms with Gasteiger partial charge in [-0.15, -0.1) is 0 Å². The summed E-state index contributed by atoms with van der Waals surface area (Å²) in [5.41, 5.74) is -0.744. The van der Waals surface area contributed by atoms with E-state index in [0.29, 0.717) is 4.68 Å². The van der Waals surface area contributed by atoms with Crippen LogP contribution in [0.15, 0.2) is 42.6 Å². The number of amides is 1. The van der Waals surface area contributed by atoms with Crippen LogP contribution in [0.3, 0.4) is 0 Å². The highest BCUT2D eigenvalue weighted by molar-refractivity contribution is 6.36. The molecule has 1 aromatic heterocycles. The molecule has 0 spiro atoms. The van der Waals surface area contributed by atoms with Gasteiger partial charge in [0.25, 0.3) is 0 Å². The van der Waals surface area contributed by atoms with Gasteiger partial charge in [-0.25, -0.2) is 22.6 Å². The van der Waals surface area contributed by atoms with Gasteiger partial charge in [0.15, 0.2) is 17.5 Å². The van der Waals surface area contributed by atoms with Crippen LogP contribution in [0.25, 0.3) is 5.69 Å². The van der Waals surface area contributed by atoms with Crippen LogP contribution < -0.4 is 10.1 Å². The zero-order chi connectivity index (χ0) is 18.8. The van der Waals surface area contributed by atoms with Crippen LogP contribution in [0.2, 0.25) is 10.0 Å². The standard InChI is InChI=1S/C16H8Cl2F3N3O2/c17-10-12(19)11(18)15(14(21)13(10)20)24-9(6-7-22-24)23-16(25)26-8-4-2-1-3-5-8/h1-7H,(H,23,25). The van der Waals surface area contributed by atoms with Gasteiger partial charge in [0, 0.05) is 6.07 Å². The summed E-state index contributed by atoms with van der Waals surface area (Å²) in [5.74, 6) is -4.38. The zero-order valence-electron chi connectivity index (χ0n) is 12.6. The first-order valence-electron chi connectivity index (χ1n) is 7.00. The van der Waals surface area contributed by atoms with Crippen molar-refractivity contribution in [1.82, 2.24) is 9.78 Å². The molecule has 0 aliphatic carbocycles. The molecule has 0 radical (unpaired) electrons. The third kappa shape index (κ3) is 3.33. The Morgan fingerprint density at radius 3 is 2.38 bits per heavy atom. The first-order chi connectivity index (χ1) is 12.4. The van der Waals surface area contributed by atoms with Crippen LogP contribution in [0.5, 0.6) is 5.75 Å². The van der Waals surface area contributed by atoms with Crippen molar-refractivity contribution in [3.8, 4) is 11.4 Å². The van der Waals surface area contributed by atoms with Gasteiger partial charge in [-0.3, -0.25) is 5.32 Å². The highest BCUT2D eigenvalue weighted by atomic mass is 35.5. The number of rotatable bonds is 3. The lowest BCUT2D eigenvalue weighted by Crippen LogP contribution is -2.19. The van der Waals surface area contributed by atoms with E-state index in [9.17, 15) is 18.0 Å². The predicted octanol–water partition coefficient (Wildman–Crippen LogP) is 5.21. The summed E-state index contributed by atoms with van der Waals surface area (Å²) in [5, 5.41) is 4.13. The molecule has 0 saturated carbocycles. The topological polar surface area (TPSA) is 56.2 Å². The number of carbonyl (C=O) groups excluding carboxylic acids is 1. The zero-order valence-corrected chi connectivity index (χ0v) is 14.2. The van der Waals surface area contributed by atoms with E-state index in [4.69, 9.17) is 27.9 Å². The summed E-state index contributed by atoms with van der Waals surface area (Å²) in [6.07, 6.45) is 0.239. The molecule has 3 aromatic rings. The molecule has 0 unspecified atom stereocenters. The van der Waals surface area contributed by atoms with Crippen LogP contribution in [-0.2, 0) is 0 Å². The lowest BCUT2D eigenvalue weighted by molar-refractivity contribution is 0.215. The number of benzene rings is 2. The van der Waals surface area contributed by atoms with Crippen molar-refractivity contribution in [3.63, 3.8) is 0 Å². The molecule has 2 aromatic carbocycles. The number of halogens is 5. The molecular weight excluding hydrogens is 394 g/mol. The maximum absolute atomic E-state index is 14.2. The number of aromatic nitrogens is 2. The normalized spacial score (nSPS) is 10.7. The highest BCUT2D eigenvalue weighted by Crippen LogP contribution is 2.35. The van der Waals surface area contributed by atoms with Crippen LogP contribution >= 0.6 is 23.2 Å². The third-order valence-electron chi connectivity index (χ3n) is 3.23. The Kier molecular flexibility index (Phi) is 5.06. The molecule has 0 aliphatic rings. The first kappa shape index (κ1) is 18.1. The highest BCUT2D eigenvalue weighted by Gasteiger charge is 2.26.